The Morgan fingerprint density at radius 2 is 1.86 bits per heavy atom. The molecule has 0 unspecified atom stereocenters. The second-order valence-corrected chi connectivity index (χ2v) is 2.70. The average molecular weight is 209 g/mol. The normalized spacial score (nSPS) is 11.8. The van der Waals surface area contributed by atoms with Gasteiger partial charge in [0, 0.05) is 11.3 Å². The van der Waals surface area contributed by atoms with Crippen molar-refractivity contribution in [3.63, 3.8) is 0 Å². The van der Waals surface area contributed by atoms with Gasteiger partial charge in [0.25, 0.3) is 0 Å². The third kappa shape index (κ3) is 1.95. The second kappa shape index (κ2) is 3.45. The van der Waals surface area contributed by atoms with E-state index in [0.717, 1.165) is 6.07 Å². The first kappa shape index (κ1) is 10.8. The summed E-state index contributed by atoms with van der Waals surface area (Å²) < 4.78 is 49.5. The van der Waals surface area contributed by atoms with E-state index in [2.05, 4.69) is 0 Å². The molecule has 1 rings (SSSR count). The van der Waals surface area contributed by atoms with Gasteiger partial charge in [0.15, 0.2) is 0 Å². The Labute approximate surface area is 77.0 Å². The van der Waals surface area contributed by atoms with Crippen LogP contribution in [0.2, 0.25) is 0 Å². The first-order valence-electron chi connectivity index (χ1n) is 3.62. The van der Waals surface area contributed by atoms with Crippen molar-refractivity contribution in [3.05, 3.63) is 29.1 Å². The zero-order valence-electron chi connectivity index (χ0n) is 6.90. The monoisotopic (exact) mass is 209 g/mol. The van der Waals surface area contributed by atoms with E-state index >= 15 is 0 Å². The molecular weight excluding hydrogens is 202 g/mol. The molecule has 14 heavy (non-hydrogen) atoms. The maximum Gasteiger partial charge on any atom is 0.419 e. The van der Waals surface area contributed by atoms with Crippen LogP contribution in [0.3, 0.4) is 0 Å². The number of aliphatic hydroxyl groups is 1. The molecule has 2 nitrogen and oxygen atoms in total. The number of nitrogen functional groups attached to an aromatic ring is 1. The molecule has 0 saturated heterocycles. The van der Waals surface area contributed by atoms with E-state index in [0.29, 0.717) is 6.07 Å². The first-order valence-corrected chi connectivity index (χ1v) is 3.62. The lowest BCUT2D eigenvalue weighted by molar-refractivity contribution is -0.140. The standard InChI is InChI=1S/C8H7F4NO/c9-7-4(3-14)1-5(13)2-6(7)8(10,11)12/h1-2,14H,3,13H2. The number of alkyl halides is 3. The highest BCUT2D eigenvalue weighted by Crippen LogP contribution is 2.34. The zero-order chi connectivity index (χ0) is 10.9. The molecule has 1 aromatic rings. The van der Waals surface area contributed by atoms with Crippen LogP contribution in [0.4, 0.5) is 23.2 Å². The summed E-state index contributed by atoms with van der Waals surface area (Å²) in [7, 11) is 0. The van der Waals surface area contributed by atoms with Gasteiger partial charge in [0.1, 0.15) is 5.82 Å². The van der Waals surface area contributed by atoms with Crippen LogP contribution in [0, 0.1) is 5.82 Å². The molecule has 0 spiro atoms. The molecule has 0 amide bonds. The van der Waals surface area contributed by atoms with Crippen molar-refractivity contribution >= 4 is 5.69 Å². The van der Waals surface area contributed by atoms with E-state index in [1.165, 1.54) is 0 Å². The number of nitrogens with two attached hydrogens (primary N) is 1. The Kier molecular flexibility index (Phi) is 2.66. The molecule has 0 saturated carbocycles. The Bertz CT molecular complexity index is 348. The average Bonchev–Trinajstić information content (AvgIpc) is 2.06. The molecule has 78 valence electrons. The number of benzene rings is 1. The minimum atomic E-state index is -4.80. The maximum atomic E-state index is 13.0. The maximum absolute atomic E-state index is 13.0. The highest BCUT2D eigenvalue weighted by Gasteiger charge is 2.35. The van der Waals surface area contributed by atoms with Gasteiger partial charge >= 0.3 is 6.18 Å². The van der Waals surface area contributed by atoms with Gasteiger partial charge in [-0.05, 0) is 12.1 Å². The molecule has 0 bridgehead atoms. The molecule has 0 atom stereocenters. The van der Waals surface area contributed by atoms with Gasteiger partial charge in [-0.15, -0.1) is 0 Å². The van der Waals surface area contributed by atoms with Crippen LogP contribution in [0.1, 0.15) is 11.1 Å². The topological polar surface area (TPSA) is 46.2 Å². The van der Waals surface area contributed by atoms with E-state index < -0.39 is 29.7 Å². The Balaban J connectivity index is 3.37. The zero-order valence-corrected chi connectivity index (χ0v) is 6.90. The minimum Gasteiger partial charge on any atom is -0.399 e. The second-order valence-electron chi connectivity index (χ2n) is 2.70. The van der Waals surface area contributed by atoms with Crippen LogP contribution >= 0.6 is 0 Å². The van der Waals surface area contributed by atoms with Gasteiger partial charge in [-0.1, -0.05) is 0 Å². The molecule has 0 aliphatic heterocycles. The van der Waals surface area contributed by atoms with Gasteiger partial charge in [0.2, 0.25) is 0 Å². The first-order chi connectivity index (χ1) is 6.36. The van der Waals surface area contributed by atoms with Gasteiger partial charge in [-0.2, -0.15) is 13.2 Å². The fraction of sp³-hybridized carbons (Fsp3) is 0.250. The van der Waals surface area contributed by atoms with E-state index in [-0.39, 0.29) is 5.69 Å². The summed E-state index contributed by atoms with van der Waals surface area (Å²) in [6.45, 7) is -0.819. The van der Waals surface area contributed by atoms with Crippen LogP contribution in [0.25, 0.3) is 0 Å². The van der Waals surface area contributed by atoms with Gasteiger partial charge in [-0.25, -0.2) is 4.39 Å². The Morgan fingerprint density at radius 1 is 1.29 bits per heavy atom. The highest BCUT2D eigenvalue weighted by molar-refractivity contribution is 5.46. The van der Waals surface area contributed by atoms with Crippen molar-refractivity contribution in [2.24, 2.45) is 0 Å². The molecule has 1 aromatic carbocycles. The molecule has 0 radical (unpaired) electrons. The number of rotatable bonds is 1. The van der Waals surface area contributed by atoms with Crippen LogP contribution < -0.4 is 5.73 Å². The molecule has 3 N–H and O–H groups in total. The molecule has 0 aliphatic carbocycles. The van der Waals surface area contributed by atoms with Crippen LogP contribution in [0.15, 0.2) is 12.1 Å². The van der Waals surface area contributed by atoms with E-state index in [4.69, 9.17) is 10.8 Å². The number of aliphatic hydroxyl groups excluding tert-OH is 1. The number of hydrogen-bond donors (Lipinski definition) is 2. The summed E-state index contributed by atoms with van der Waals surface area (Å²) in [5.41, 5.74) is 2.97. The SMILES string of the molecule is Nc1cc(CO)c(F)c(C(F)(F)F)c1. The van der Waals surface area contributed by atoms with Crippen molar-refractivity contribution in [2.45, 2.75) is 12.8 Å². The largest absolute Gasteiger partial charge is 0.419 e. The van der Waals surface area contributed by atoms with Crippen molar-refractivity contribution in [2.75, 3.05) is 5.73 Å². The van der Waals surface area contributed by atoms with Gasteiger partial charge < -0.3 is 10.8 Å². The number of hydrogen-bond acceptors (Lipinski definition) is 2. The molecular formula is C8H7F4NO. The summed E-state index contributed by atoms with van der Waals surface area (Å²) in [6, 6.07) is 1.46. The number of halogens is 4. The van der Waals surface area contributed by atoms with Crippen LogP contribution in [-0.4, -0.2) is 5.11 Å². The Morgan fingerprint density at radius 3 is 2.29 bits per heavy atom. The molecule has 0 aliphatic rings. The third-order valence-electron chi connectivity index (χ3n) is 1.65. The lowest BCUT2D eigenvalue weighted by Gasteiger charge is -2.11. The van der Waals surface area contributed by atoms with Crippen molar-refractivity contribution < 1.29 is 22.7 Å². The smallest absolute Gasteiger partial charge is 0.399 e. The van der Waals surface area contributed by atoms with E-state index in [9.17, 15) is 17.6 Å². The molecule has 6 heteroatoms. The predicted octanol–water partition coefficient (Wildman–Crippen LogP) is 1.92. The molecule has 0 aromatic heterocycles. The number of anilines is 1. The quantitative estimate of drug-likeness (QED) is 0.548. The Hall–Kier alpha value is -1.30. The lowest BCUT2D eigenvalue weighted by Crippen LogP contribution is -2.11. The minimum absolute atomic E-state index is 0.234. The van der Waals surface area contributed by atoms with E-state index in [1.54, 1.807) is 0 Å². The summed E-state index contributed by atoms with van der Waals surface area (Å²) in [5, 5.41) is 8.57. The fourth-order valence-electron chi connectivity index (χ4n) is 1.03. The van der Waals surface area contributed by atoms with Gasteiger partial charge in [-0.3, -0.25) is 0 Å². The fourth-order valence-corrected chi connectivity index (χ4v) is 1.03. The van der Waals surface area contributed by atoms with Crippen molar-refractivity contribution in [1.29, 1.82) is 0 Å². The van der Waals surface area contributed by atoms with E-state index in [1.807, 2.05) is 0 Å². The van der Waals surface area contributed by atoms with Crippen molar-refractivity contribution in [1.82, 2.24) is 0 Å². The summed E-state index contributed by atoms with van der Waals surface area (Å²) in [6.07, 6.45) is -4.80. The van der Waals surface area contributed by atoms with Crippen LogP contribution in [-0.2, 0) is 12.8 Å². The molecule has 0 fully saturated rings. The third-order valence-corrected chi connectivity index (χ3v) is 1.65. The summed E-state index contributed by atoms with van der Waals surface area (Å²) in [5.74, 6) is -1.48. The van der Waals surface area contributed by atoms with Crippen LogP contribution in [0.5, 0.6) is 0 Å². The van der Waals surface area contributed by atoms with Crippen molar-refractivity contribution in [3.8, 4) is 0 Å². The summed E-state index contributed by atoms with van der Waals surface area (Å²) >= 11 is 0. The van der Waals surface area contributed by atoms with Gasteiger partial charge in [0.05, 0.1) is 12.2 Å². The lowest BCUT2D eigenvalue weighted by atomic mass is 10.1. The molecule has 0 heterocycles. The highest BCUT2D eigenvalue weighted by atomic mass is 19.4. The predicted molar refractivity (Wildman–Crippen MR) is 41.7 cm³/mol. The summed E-state index contributed by atoms with van der Waals surface area (Å²) in [4.78, 5) is 0.